The molecular weight excluding hydrogens is 273 g/mol. The third kappa shape index (κ3) is 3.95. The molecule has 0 heterocycles. The molecule has 0 saturated heterocycles. The second-order valence-corrected chi connectivity index (χ2v) is 4.81. The molecule has 0 aliphatic heterocycles. The van der Waals surface area contributed by atoms with Crippen molar-refractivity contribution in [2.45, 2.75) is 20.0 Å². The molecule has 0 spiro atoms. The second-order valence-electron chi connectivity index (χ2n) is 4.81. The summed E-state index contributed by atoms with van der Waals surface area (Å²) in [5.41, 5.74) is 0.414. The van der Waals surface area contributed by atoms with Crippen LogP contribution in [0.5, 0.6) is 11.5 Å². The van der Waals surface area contributed by atoms with E-state index in [9.17, 15) is 14.3 Å². The molecule has 110 valence electrons. The molecule has 0 aliphatic rings. The van der Waals surface area contributed by atoms with E-state index in [1.54, 1.807) is 24.3 Å². The predicted molar refractivity (Wildman–Crippen MR) is 78.2 cm³/mol. The van der Waals surface area contributed by atoms with Crippen LogP contribution >= 0.6 is 0 Å². The van der Waals surface area contributed by atoms with Gasteiger partial charge in [0.1, 0.15) is 17.3 Å². The highest BCUT2D eigenvalue weighted by atomic mass is 19.1. The minimum Gasteiger partial charge on any atom is -0.507 e. The van der Waals surface area contributed by atoms with Gasteiger partial charge in [-0.25, -0.2) is 4.39 Å². The van der Waals surface area contributed by atoms with E-state index in [2.05, 4.69) is 5.32 Å². The molecule has 0 radical (unpaired) electrons. The normalized spacial score (nSPS) is 10.5. The van der Waals surface area contributed by atoms with Gasteiger partial charge in [0.15, 0.2) is 0 Å². The van der Waals surface area contributed by atoms with Gasteiger partial charge in [-0.3, -0.25) is 4.79 Å². The van der Waals surface area contributed by atoms with E-state index in [4.69, 9.17) is 4.74 Å². The Morgan fingerprint density at radius 1 is 1.19 bits per heavy atom. The van der Waals surface area contributed by atoms with Crippen LogP contribution in [0.15, 0.2) is 42.5 Å². The van der Waals surface area contributed by atoms with Gasteiger partial charge in [0.2, 0.25) is 0 Å². The Hall–Kier alpha value is -2.56. The molecule has 0 saturated carbocycles. The summed E-state index contributed by atoms with van der Waals surface area (Å²) in [6.07, 6.45) is 0.0645. The number of hydrogen-bond acceptors (Lipinski definition) is 3. The highest BCUT2D eigenvalue weighted by Crippen LogP contribution is 2.21. The van der Waals surface area contributed by atoms with Crippen LogP contribution in [-0.4, -0.2) is 17.1 Å². The Morgan fingerprint density at radius 2 is 1.86 bits per heavy atom. The van der Waals surface area contributed by atoms with Crippen LogP contribution in [0.3, 0.4) is 0 Å². The Bertz CT molecular complexity index is 638. The van der Waals surface area contributed by atoms with Crippen molar-refractivity contribution in [3.05, 3.63) is 53.8 Å². The number of halogens is 1. The third-order valence-electron chi connectivity index (χ3n) is 2.69. The summed E-state index contributed by atoms with van der Waals surface area (Å²) >= 11 is 0. The summed E-state index contributed by atoms with van der Waals surface area (Å²) < 4.78 is 18.6. The second kappa shape index (κ2) is 6.26. The quantitative estimate of drug-likeness (QED) is 0.904. The van der Waals surface area contributed by atoms with Crippen molar-refractivity contribution >= 4 is 11.6 Å². The van der Waals surface area contributed by atoms with Gasteiger partial charge < -0.3 is 15.2 Å². The molecule has 0 unspecified atom stereocenters. The van der Waals surface area contributed by atoms with E-state index in [0.717, 1.165) is 18.2 Å². The Kier molecular flexibility index (Phi) is 4.42. The summed E-state index contributed by atoms with van der Waals surface area (Å²) in [6, 6.07) is 10.0. The first kappa shape index (κ1) is 14.8. The van der Waals surface area contributed by atoms with Gasteiger partial charge in [-0.1, -0.05) is 0 Å². The number of ether oxygens (including phenoxy) is 1. The molecule has 0 bridgehead atoms. The Balaban J connectivity index is 2.10. The van der Waals surface area contributed by atoms with E-state index in [-0.39, 0.29) is 17.4 Å². The third-order valence-corrected chi connectivity index (χ3v) is 2.69. The highest BCUT2D eigenvalue weighted by molar-refractivity contribution is 6.06. The van der Waals surface area contributed by atoms with Crippen LogP contribution < -0.4 is 10.1 Å². The standard InChI is InChI=1S/C16H16FNO3/c1-10(2)21-13-6-4-12(5-7-13)18-16(20)14-9-11(17)3-8-15(14)19/h3-10,19H,1-2H3,(H,18,20). The van der Waals surface area contributed by atoms with E-state index in [1.165, 1.54) is 0 Å². The maximum atomic E-state index is 13.1. The number of carbonyl (C=O) groups is 1. The zero-order chi connectivity index (χ0) is 15.4. The molecule has 21 heavy (non-hydrogen) atoms. The van der Waals surface area contributed by atoms with E-state index >= 15 is 0 Å². The lowest BCUT2D eigenvalue weighted by Crippen LogP contribution is -2.12. The van der Waals surface area contributed by atoms with Crippen molar-refractivity contribution in [2.75, 3.05) is 5.32 Å². The molecule has 2 aromatic carbocycles. The maximum Gasteiger partial charge on any atom is 0.259 e. The van der Waals surface area contributed by atoms with Crippen molar-refractivity contribution in [1.29, 1.82) is 0 Å². The van der Waals surface area contributed by atoms with Gasteiger partial charge in [-0.05, 0) is 56.3 Å². The number of carbonyl (C=O) groups excluding carboxylic acids is 1. The molecule has 5 heteroatoms. The van der Waals surface area contributed by atoms with E-state index < -0.39 is 11.7 Å². The zero-order valence-corrected chi connectivity index (χ0v) is 11.8. The van der Waals surface area contributed by atoms with E-state index in [0.29, 0.717) is 11.4 Å². The smallest absolute Gasteiger partial charge is 0.259 e. The van der Waals surface area contributed by atoms with Gasteiger partial charge in [0.05, 0.1) is 11.7 Å². The highest BCUT2D eigenvalue weighted by Gasteiger charge is 2.12. The summed E-state index contributed by atoms with van der Waals surface area (Å²) in [7, 11) is 0. The summed E-state index contributed by atoms with van der Waals surface area (Å²) in [6.45, 7) is 3.84. The maximum absolute atomic E-state index is 13.1. The van der Waals surface area contributed by atoms with Crippen LogP contribution in [0.4, 0.5) is 10.1 Å². The minimum absolute atomic E-state index is 0.0645. The number of nitrogens with one attached hydrogen (secondary N) is 1. The molecule has 4 nitrogen and oxygen atoms in total. The summed E-state index contributed by atoms with van der Waals surface area (Å²) in [4.78, 5) is 12.0. The molecule has 2 N–H and O–H groups in total. The number of hydrogen-bond donors (Lipinski definition) is 2. The topological polar surface area (TPSA) is 58.6 Å². The molecule has 2 rings (SSSR count). The van der Waals surface area contributed by atoms with Crippen molar-refractivity contribution in [1.82, 2.24) is 0 Å². The van der Waals surface area contributed by atoms with Gasteiger partial charge in [-0.2, -0.15) is 0 Å². The number of benzene rings is 2. The van der Waals surface area contributed by atoms with Crippen molar-refractivity contribution < 1.29 is 19.0 Å². The van der Waals surface area contributed by atoms with Crippen LogP contribution in [-0.2, 0) is 0 Å². The van der Waals surface area contributed by atoms with Crippen molar-refractivity contribution in [3.63, 3.8) is 0 Å². The molecule has 1 amide bonds. The van der Waals surface area contributed by atoms with Crippen LogP contribution in [0.25, 0.3) is 0 Å². The Morgan fingerprint density at radius 3 is 2.48 bits per heavy atom. The van der Waals surface area contributed by atoms with Gasteiger partial charge in [0.25, 0.3) is 5.91 Å². The molecule has 0 fully saturated rings. The lowest BCUT2D eigenvalue weighted by molar-refractivity contribution is 0.102. The van der Waals surface area contributed by atoms with Gasteiger partial charge in [0, 0.05) is 5.69 Å². The van der Waals surface area contributed by atoms with Gasteiger partial charge in [-0.15, -0.1) is 0 Å². The zero-order valence-electron chi connectivity index (χ0n) is 11.8. The molecule has 0 aliphatic carbocycles. The number of amides is 1. The summed E-state index contributed by atoms with van der Waals surface area (Å²) in [5.74, 6) is -0.742. The molecule has 2 aromatic rings. The summed E-state index contributed by atoms with van der Waals surface area (Å²) in [5, 5.41) is 12.2. The number of phenolic OH excluding ortho intramolecular Hbond substituents is 1. The average molecular weight is 289 g/mol. The number of phenols is 1. The predicted octanol–water partition coefficient (Wildman–Crippen LogP) is 3.57. The van der Waals surface area contributed by atoms with Crippen LogP contribution in [0.1, 0.15) is 24.2 Å². The fourth-order valence-electron chi connectivity index (χ4n) is 1.78. The fourth-order valence-corrected chi connectivity index (χ4v) is 1.78. The monoisotopic (exact) mass is 289 g/mol. The number of aromatic hydroxyl groups is 1. The Labute approximate surface area is 122 Å². The minimum atomic E-state index is -0.585. The van der Waals surface area contributed by atoms with Crippen LogP contribution in [0, 0.1) is 5.82 Å². The SMILES string of the molecule is CC(C)Oc1ccc(NC(=O)c2cc(F)ccc2O)cc1. The molecular formula is C16H16FNO3. The van der Waals surface area contributed by atoms with Crippen molar-refractivity contribution in [2.24, 2.45) is 0 Å². The number of anilines is 1. The van der Waals surface area contributed by atoms with Crippen molar-refractivity contribution in [3.8, 4) is 11.5 Å². The lowest BCUT2D eigenvalue weighted by atomic mass is 10.1. The number of rotatable bonds is 4. The average Bonchev–Trinajstić information content (AvgIpc) is 2.43. The first-order valence-electron chi connectivity index (χ1n) is 6.52. The lowest BCUT2D eigenvalue weighted by Gasteiger charge is -2.11. The molecule has 0 atom stereocenters. The first-order chi connectivity index (χ1) is 9.95. The van der Waals surface area contributed by atoms with E-state index in [1.807, 2.05) is 13.8 Å². The largest absolute Gasteiger partial charge is 0.507 e. The first-order valence-corrected chi connectivity index (χ1v) is 6.52. The molecule has 0 aromatic heterocycles. The van der Waals surface area contributed by atoms with Crippen LogP contribution in [0.2, 0.25) is 0 Å². The van der Waals surface area contributed by atoms with Gasteiger partial charge >= 0.3 is 0 Å². The fraction of sp³-hybridized carbons (Fsp3) is 0.188.